The van der Waals surface area contributed by atoms with Crippen LogP contribution in [0.15, 0.2) is 18.2 Å². The lowest BCUT2D eigenvalue weighted by molar-refractivity contribution is 0.0770. The fraction of sp³-hybridized carbons (Fsp3) is 0.357. The van der Waals surface area contributed by atoms with E-state index in [1.54, 1.807) is 23.1 Å². The minimum Gasteiger partial charge on any atom is -0.327 e. The lowest BCUT2D eigenvalue weighted by Gasteiger charge is -2.20. The number of nitrogens with zero attached hydrogens (tertiary/aromatic N) is 1. The van der Waals surface area contributed by atoms with Crippen LogP contribution in [0.25, 0.3) is 0 Å². The first-order chi connectivity index (χ1) is 8.60. The molecule has 0 aromatic heterocycles. The van der Waals surface area contributed by atoms with Gasteiger partial charge in [0.05, 0.1) is 6.54 Å². The summed E-state index contributed by atoms with van der Waals surface area (Å²) in [6.07, 6.45) is 7.65. The Labute approximate surface area is 117 Å². The van der Waals surface area contributed by atoms with Gasteiger partial charge in [0.1, 0.15) is 0 Å². The number of carbonyl (C=O) groups excluding carboxylic acids is 1. The Kier molecular flexibility index (Phi) is 4.16. The zero-order valence-electron chi connectivity index (χ0n) is 9.83. The van der Waals surface area contributed by atoms with Gasteiger partial charge in [0.2, 0.25) is 0 Å². The fourth-order valence-electron chi connectivity index (χ4n) is 1.80. The van der Waals surface area contributed by atoms with E-state index in [1.165, 1.54) is 12.8 Å². The molecule has 1 aliphatic rings. The van der Waals surface area contributed by atoms with Crippen LogP contribution in [0.2, 0.25) is 10.0 Å². The molecule has 1 amide bonds. The summed E-state index contributed by atoms with van der Waals surface area (Å²) in [4.78, 5) is 14.0. The van der Waals surface area contributed by atoms with Crippen LogP contribution in [0.3, 0.4) is 0 Å². The zero-order valence-corrected chi connectivity index (χ0v) is 11.3. The van der Waals surface area contributed by atoms with E-state index in [0.29, 0.717) is 34.6 Å². The molecule has 0 spiro atoms. The standard InChI is InChI=1S/C14H13Cl2NO/c1-2-5-17(9-10-3-4-10)14(18)11-6-12(15)8-13(16)7-11/h1,6-8,10H,3-5,9H2. The van der Waals surface area contributed by atoms with Crippen LogP contribution in [0.5, 0.6) is 0 Å². The number of benzene rings is 1. The van der Waals surface area contributed by atoms with E-state index >= 15 is 0 Å². The summed E-state index contributed by atoms with van der Waals surface area (Å²) in [5.41, 5.74) is 0.489. The van der Waals surface area contributed by atoms with Gasteiger partial charge in [-0.2, -0.15) is 0 Å². The Hall–Kier alpha value is -1.17. The molecule has 2 nitrogen and oxygen atoms in total. The van der Waals surface area contributed by atoms with Crippen molar-refractivity contribution in [3.05, 3.63) is 33.8 Å². The number of rotatable bonds is 4. The molecule has 0 N–H and O–H groups in total. The van der Waals surface area contributed by atoms with E-state index < -0.39 is 0 Å². The van der Waals surface area contributed by atoms with Crippen molar-refractivity contribution in [1.82, 2.24) is 4.90 Å². The molecular weight excluding hydrogens is 269 g/mol. The predicted molar refractivity (Wildman–Crippen MR) is 73.9 cm³/mol. The zero-order chi connectivity index (χ0) is 13.1. The SMILES string of the molecule is C#CCN(CC1CC1)C(=O)c1cc(Cl)cc(Cl)c1. The van der Waals surface area contributed by atoms with Crippen LogP contribution in [0, 0.1) is 18.3 Å². The third kappa shape index (κ3) is 3.41. The number of carbonyl (C=O) groups is 1. The molecule has 0 saturated heterocycles. The summed E-state index contributed by atoms with van der Waals surface area (Å²) in [6.45, 7) is 1.03. The van der Waals surface area contributed by atoms with Gasteiger partial charge in [0, 0.05) is 22.2 Å². The highest BCUT2D eigenvalue weighted by Gasteiger charge is 2.27. The highest BCUT2D eigenvalue weighted by atomic mass is 35.5. The quantitative estimate of drug-likeness (QED) is 0.774. The Balaban J connectivity index is 2.18. The average molecular weight is 282 g/mol. The average Bonchev–Trinajstić information content (AvgIpc) is 3.10. The Morgan fingerprint density at radius 1 is 1.33 bits per heavy atom. The minimum atomic E-state index is -0.107. The van der Waals surface area contributed by atoms with E-state index in [1.807, 2.05) is 0 Å². The van der Waals surface area contributed by atoms with Gasteiger partial charge >= 0.3 is 0 Å². The molecule has 18 heavy (non-hydrogen) atoms. The van der Waals surface area contributed by atoms with Gasteiger partial charge in [-0.15, -0.1) is 6.42 Å². The Morgan fingerprint density at radius 2 is 1.94 bits per heavy atom. The fourth-order valence-corrected chi connectivity index (χ4v) is 2.33. The van der Waals surface area contributed by atoms with Crippen molar-refractivity contribution < 1.29 is 4.79 Å². The van der Waals surface area contributed by atoms with Gasteiger partial charge in [-0.05, 0) is 37.0 Å². The van der Waals surface area contributed by atoms with Crippen LogP contribution >= 0.6 is 23.2 Å². The molecule has 1 saturated carbocycles. The summed E-state index contributed by atoms with van der Waals surface area (Å²) >= 11 is 11.8. The maximum atomic E-state index is 12.3. The number of halogens is 2. The molecule has 2 rings (SSSR count). The van der Waals surface area contributed by atoms with E-state index in [9.17, 15) is 4.79 Å². The molecule has 0 aliphatic heterocycles. The maximum absolute atomic E-state index is 12.3. The summed E-state index contributed by atoms with van der Waals surface area (Å²) in [5.74, 6) is 3.01. The largest absolute Gasteiger partial charge is 0.327 e. The van der Waals surface area contributed by atoms with Crippen molar-refractivity contribution in [3.63, 3.8) is 0 Å². The van der Waals surface area contributed by atoms with Crippen molar-refractivity contribution in [3.8, 4) is 12.3 Å². The molecule has 1 aliphatic carbocycles. The van der Waals surface area contributed by atoms with Crippen molar-refractivity contribution in [2.24, 2.45) is 5.92 Å². The normalized spacial score (nSPS) is 14.1. The number of hydrogen-bond acceptors (Lipinski definition) is 1. The predicted octanol–water partition coefficient (Wildman–Crippen LogP) is 3.48. The second-order valence-corrected chi connectivity index (χ2v) is 5.36. The molecule has 0 radical (unpaired) electrons. The smallest absolute Gasteiger partial charge is 0.254 e. The van der Waals surface area contributed by atoms with Crippen molar-refractivity contribution in [2.75, 3.05) is 13.1 Å². The Morgan fingerprint density at radius 3 is 2.44 bits per heavy atom. The summed E-state index contributed by atoms with van der Waals surface area (Å²) < 4.78 is 0. The Bertz CT molecular complexity index is 483. The first-order valence-corrected chi connectivity index (χ1v) is 6.54. The van der Waals surface area contributed by atoms with Gasteiger partial charge in [-0.25, -0.2) is 0 Å². The van der Waals surface area contributed by atoms with E-state index in [4.69, 9.17) is 29.6 Å². The molecule has 1 aromatic rings. The third-order valence-corrected chi connectivity index (χ3v) is 3.29. The monoisotopic (exact) mass is 281 g/mol. The minimum absolute atomic E-state index is 0.107. The molecule has 0 bridgehead atoms. The van der Waals surface area contributed by atoms with Gasteiger partial charge in [0.15, 0.2) is 0 Å². The summed E-state index contributed by atoms with van der Waals surface area (Å²) in [6, 6.07) is 4.84. The second kappa shape index (κ2) is 5.65. The maximum Gasteiger partial charge on any atom is 0.254 e. The topological polar surface area (TPSA) is 20.3 Å². The second-order valence-electron chi connectivity index (χ2n) is 4.49. The summed E-state index contributed by atoms with van der Waals surface area (Å²) in [5, 5.41) is 0.913. The lowest BCUT2D eigenvalue weighted by atomic mass is 10.2. The van der Waals surface area contributed by atoms with Gasteiger partial charge in [0.25, 0.3) is 5.91 Å². The third-order valence-electron chi connectivity index (χ3n) is 2.85. The van der Waals surface area contributed by atoms with Gasteiger partial charge in [-0.3, -0.25) is 4.79 Å². The highest BCUT2D eigenvalue weighted by molar-refractivity contribution is 6.35. The highest BCUT2D eigenvalue weighted by Crippen LogP contribution is 2.30. The first-order valence-electron chi connectivity index (χ1n) is 5.79. The number of hydrogen-bond donors (Lipinski definition) is 0. The molecule has 0 unspecified atom stereocenters. The van der Waals surface area contributed by atoms with E-state index in [-0.39, 0.29) is 5.91 Å². The number of terminal acetylenes is 1. The molecule has 4 heteroatoms. The van der Waals surface area contributed by atoms with E-state index in [0.717, 1.165) is 0 Å². The van der Waals surface area contributed by atoms with Crippen molar-refractivity contribution >= 4 is 29.1 Å². The van der Waals surface area contributed by atoms with Crippen LogP contribution in [-0.2, 0) is 0 Å². The van der Waals surface area contributed by atoms with E-state index in [2.05, 4.69) is 5.92 Å². The van der Waals surface area contributed by atoms with Crippen molar-refractivity contribution in [2.45, 2.75) is 12.8 Å². The molecule has 94 valence electrons. The molecule has 0 atom stereocenters. The molecule has 0 heterocycles. The summed E-state index contributed by atoms with van der Waals surface area (Å²) in [7, 11) is 0. The van der Waals surface area contributed by atoms with Crippen molar-refractivity contribution in [1.29, 1.82) is 0 Å². The number of amides is 1. The van der Waals surface area contributed by atoms with Crippen LogP contribution in [0.1, 0.15) is 23.2 Å². The van der Waals surface area contributed by atoms with Crippen LogP contribution < -0.4 is 0 Å². The lowest BCUT2D eigenvalue weighted by Crippen LogP contribution is -2.33. The van der Waals surface area contributed by atoms with Gasteiger partial charge < -0.3 is 4.90 Å². The van der Waals surface area contributed by atoms with Crippen LogP contribution in [-0.4, -0.2) is 23.9 Å². The molecular formula is C14H13Cl2NO. The van der Waals surface area contributed by atoms with Crippen LogP contribution in [0.4, 0.5) is 0 Å². The van der Waals surface area contributed by atoms with Gasteiger partial charge in [-0.1, -0.05) is 29.1 Å². The molecule has 1 aromatic carbocycles. The molecule has 1 fully saturated rings. The first kappa shape index (κ1) is 13.3.